The molecule has 0 aliphatic carbocycles. The first-order chi connectivity index (χ1) is 11.1. The van der Waals surface area contributed by atoms with E-state index in [2.05, 4.69) is 36.2 Å². The number of hydrogen-bond acceptors (Lipinski definition) is 5. The molecule has 0 aliphatic rings. The summed E-state index contributed by atoms with van der Waals surface area (Å²) in [5, 5.41) is 3.07. The quantitative estimate of drug-likeness (QED) is 0.688. The fourth-order valence-corrected chi connectivity index (χ4v) is 2.60. The van der Waals surface area contributed by atoms with Gasteiger partial charge in [-0.15, -0.1) is 0 Å². The number of nitrogens with one attached hydrogen (secondary N) is 1. The molecule has 0 bridgehead atoms. The Bertz CT molecular complexity index is 854. The second-order valence-corrected chi connectivity index (χ2v) is 5.50. The minimum Gasteiger partial charge on any atom is -0.366 e. The maximum Gasteiger partial charge on any atom is 0.249 e. The molecule has 0 radical (unpaired) electrons. The molecule has 1 amide bonds. The van der Waals surface area contributed by atoms with E-state index >= 15 is 0 Å². The fourth-order valence-electron chi connectivity index (χ4n) is 2.16. The number of nitrogens with zero attached hydrogens (tertiary/aromatic N) is 3. The third-order valence-electron chi connectivity index (χ3n) is 3.12. The number of anilines is 2. The highest BCUT2D eigenvalue weighted by atomic mass is 79.9. The van der Waals surface area contributed by atoms with Gasteiger partial charge in [-0.1, -0.05) is 18.2 Å². The second-order valence-electron chi connectivity index (χ2n) is 4.69. The molecule has 0 fully saturated rings. The van der Waals surface area contributed by atoms with E-state index in [1.165, 1.54) is 0 Å². The molecule has 0 atom stereocenters. The number of carbonyl (C=O) groups excluding carboxylic acids is 1. The highest BCUT2D eigenvalue weighted by Crippen LogP contribution is 2.28. The van der Waals surface area contributed by atoms with Crippen LogP contribution in [0.2, 0.25) is 0 Å². The standard InChI is InChI=1S/C16H12BrN5O/c17-13-7-10(11-3-1-2-4-12(11)16(18)23)8-14(21-13)22-15-9-19-5-6-20-15/h1-9H,(H2,18,23)(H,20,21,22). The molecule has 23 heavy (non-hydrogen) atoms. The van der Waals surface area contributed by atoms with Gasteiger partial charge >= 0.3 is 0 Å². The number of nitrogens with two attached hydrogens (primary N) is 1. The number of amides is 1. The van der Waals surface area contributed by atoms with Crippen LogP contribution in [-0.2, 0) is 0 Å². The van der Waals surface area contributed by atoms with Crippen molar-refractivity contribution in [2.24, 2.45) is 5.73 Å². The molecular weight excluding hydrogens is 358 g/mol. The third kappa shape index (κ3) is 3.51. The molecule has 2 aromatic heterocycles. The number of carbonyl (C=O) groups is 1. The van der Waals surface area contributed by atoms with Crippen LogP contribution in [0.1, 0.15) is 10.4 Å². The number of pyridine rings is 1. The Morgan fingerprint density at radius 3 is 2.70 bits per heavy atom. The number of rotatable bonds is 4. The van der Waals surface area contributed by atoms with Crippen molar-refractivity contribution in [1.29, 1.82) is 0 Å². The smallest absolute Gasteiger partial charge is 0.249 e. The summed E-state index contributed by atoms with van der Waals surface area (Å²) in [5.74, 6) is 0.679. The van der Waals surface area contributed by atoms with Crippen molar-refractivity contribution in [2.45, 2.75) is 0 Å². The Balaban J connectivity index is 2.03. The van der Waals surface area contributed by atoms with Crippen molar-refractivity contribution in [3.05, 3.63) is 65.2 Å². The average molecular weight is 370 g/mol. The zero-order valence-electron chi connectivity index (χ0n) is 11.9. The molecule has 114 valence electrons. The number of hydrogen-bond donors (Lipinski definition) is 2. The predicted octanol–water partition coefficient (Wildman–Crippen LogP) is 3.14. The van der Waals surface area contributed by atoms with E-state index in [1.54, 1.807) is 30.7 Å². The van der Waals surface area contributed by atoms with Gasteiger partial charge < -0.3 is 11.1 Å². The topological polar surface area (TPSA) is 93.8 Å². The zero-order valence-corrected chi connectivity index (χ0v) is 13.5. The van der Waals surface area contributed by atoms with Gasteiger partial charge in [0.15, 0.2) is 0 Å². The lowest BCUT2D eigenvalue weighted by atomic mass is 10.00. The highest BCUT2D eigenvalue weighted by Gasteiger charge is 2.11. The first-order valence-electron chi connectivity index (χ1n) is 6.73. The number of halogens is 1. The van der Waals surface area contributed by atoms with E-state index in [0.29, 0.717) is 21.8 Å². The molecule has 6 nitrogen and oxygen atoms in total. The number of benzene rings is 1. The normalized spacial score (nSPS) is 10.3. The molecule has 3 aromatic rings. The van der Waals surface area contributed by atoms with Gasteiger partial charge in [-0.2, -0.15) is 0 Å². The second kappa shape index (κ2) is 6.53. The Morgan fingerprint density at radius 1 is 1.13 bits per heavy atom. The summed E-state index contributed by atoms with van der Waals surface area (Å²) < 4.78 is 0.626. The molecule has 0 aliphatic heterocycles. The molecule has 7 heteroatoms. The SMILES string of the molecule is NC(=O)c1ccccc1-c1cc(Br)nc(Nc2cnccn2)c1. The van der Waals surface area contributed by atoms with Gasteiger partial charge in [0, 0.05) is 18.0 Å². The lowest BCUT2D eigenvalue weighted by Crippen LogP contribution is -2.12. The van der Waals surface area contributed by atoms with E-state index in [4.69, 9.17) is 5.73 Å². The van der Waals surface area contributed by atoms with Crippen LogP contribution in [0, 0.1) is 0 Å². The molecular formula is C16H12BrN5O. The van der Waals surface area contributed by atoms with Crippen molar-refractivity contribution in [3.8, 4) is 11.1 Å². The molecule has 2 heterocycles. The first kappa shape index (κ1) is 15.1. The molecule has 3 rings (SSSR count). The van der Waals surface area contributed by atoms with E-state index < -0.39 is 5.91 Å². The van der Waals surface area contributed by atoms with Crippen molar-refractivity contribution in [1.82, 2.24) is 15.0 Å². The van der Waals surface area contributed by atoms with E-state index in [-0.39, 0.29) is 0 Å². The van der Waals surface area contributed by atoms with Crippen molar-refractivity contribution >= 4 is 33.5 Å². The van der Waals surface area contributed by atoms with Crippen LogP contribution in [0.4, 0.5) is 11.6 Å². The van der Waals surface area contributed by atoms with E-state index in [0.717, 1.165) is 11.1 Å². The van der Waals surface area contributed by atoms with Crippen molar-refractivity contribution in [3.63, 3.8) is 0 Å². The third-order valence-corrected chi connectivity index (χ3v) is 3.52. The molecule has 3 N–H and O–H groups in total. The fraction of sp³-hybridized carbons (Fsp3) is 0. The van der Waals surface area contributed by atoms with Gasteiger partial charge in [-0.05, 0) is 45.3 Å². The van der Waals surface area contributed by atoms with Gasteiger partial charge in [-0.3, -0.25) is 9.78 Å². The first-order valence-corrected chi connectivity index (χ1v) is 7.52. The lowest BCUT2D eigenvalue weighted by molar-refractivity contribution is 0.100. The molecule has 0 saturated heterocycles. The summed E-state index contributed by atoms with van der Waals surface area (Å²) in [6, 6.07) is 10.8. The van der Waals surface area contributed by atoms with Gasteiger partial charge in [0.1, 0.15) is 16.2 Å². The minimum absolute atomic E-state index is 0.455. The van der Waals surface area contributed by atoms with Gasteiger partial charge in [0.2, 0.25) is 5.91 Å². The molecule has 0 spiro atoms. The van der Waals surface area contributed by atoms with Gasteiger partial charge in [0.05, 0.1) is 6.20 Å². The average Bonchev–Trinajstić information content (AvgIpc) is 2.55. The number of primary amides is 1. The lowest BCUT2D eigenvalue weighted by Gasteiger charge is -2.10. The Hall–Kier alpha value is -2.80. The van der Waals surface area contributed by atoms with Crippen LogP contribution >= 0.6 is 15.9 Å². The summed E-state index contributed by atoms with van der Waals surface area (Å²) in [5.41, 5.74) is 7.46. The van der Waals surface area contributed by atoms with Crippen LogP contribution in [0.5, 0.6) is 0 Å². The number of aromatic nitrogens is 3. The van der Waals surface area contributed by atoms with Crippen LogP contribution in [0.15, 0.2) is 59.6 Å². The van der Waals surface area contributed by atoms with E-state index in [9.17, 15) is 4.79 Å². The molecule has 0 unspecified atom stereocenters. The summed E-state index contributed by atoms with van der Waals surface area (Å²) >= 11 is 3.38. The zero-order chi connectivity index (χ0) is 16.2. The largest absolute Gasteiger partial charge is 0.366 e. The summed E-state index contributed by atoms with van der Waals surface area (Å²) in [6.07, 6.45) is 4.78. The summed E-state index contributed by atoms with van der Waals surface area (Å²) in [7, 11) is 0. The Labute approximate surface area is 140 Å². The van der Waals surface area contributed by atoms with Crippen LogP contribution < -0.4 is 11.1 Å². The van der Waals surface area contributed by atoms with Crippen molar-refractivity contribution in [2.75, 3.05) is 5.32 Å². The van der Waals surface area contributed by atoms with Crippen molar-refractivity contribution < 1.29 is 4.79 Å². The van der Waals surface area contributed by atoms with Gasteiger partial charge in [0.25, 0.3) is 0 Å². The Morgan fingerprint density at radius 2 is 1.96 bits per heavy atom. The molecule has 1 aromatic carbocycles. The maximum absolute atomic E-state index is 11.6. The van der Waals surface area contributed by atoms with Crippen LogP contribution in [0.3, 0.4) is 0 Å². The summed E-state index contributed by atoms with van der Waals surface area (Å²) in [4.78, 5) is 24.1. The van der Waals surface area contributed by atoms with Crippen LogP contribution in [0.25, 0.3) is 11.1 Å². The Kier molecular flexibility index (Phi) is 4.29. The maximum atomic E-state index is 11.6. The predicted molar refractivity (Wildman–Crippen MR) is 91.2 cm³/mol. The minimum atomic E-state index is -0.475. The highest BCUT2D eigenvalue weighted by molar-refractivity contribution is 9.10. The van der Waals surface area contributed by atoms with Gasteiger partial charge in [-0.25, -0.2) is 9.97 Å². The van der Waals surface area contributed by atoms with Crippen LogP contribution in [-0.4, -0.2) is 20.9 Å². The summed E-state index contributed by atoms with van der Waals surface area (Å²) in [6.45, 7) is 0. The monoisotopic (exact) mass is 369 g/mol. The van der Waals surface area contributed by atoms with E-state index in [1.807, 2.05) is 24.3 Å². The molecule has 0 saturated carbocycles.